The van der Waals surface area contributed by atoms with E-state index in [4.69, 9.17) is 5.11 Å². The molecule has 7 heteroatoms. The van der Waals surface area contributed by atoms with Gasteiger partial charge in [0.2, 0.25) is 0 Å². The molecule has 1 aromatic rings. The zero-order valence-electron chi connectivity index (χ0n) is 6.55. The van der Waals surface area contributed by atoms with Crippen molar-refractivity contribution in [2.24, 2.45) is 0 Å². The highest BCUT2D eigenvalue weighted by Gasteiger charge is 2.34. The number of aromatic carboxylic acids is 1. The van der Waals surface area contributed by atoms with E-state index in [1.807, 2.05) is 4.98 Å². The second-order valence-corrected chi connectivity index (χ2v) is 2.87. The van der Waals surface area contributed by atoms with Crippen molar-refractivity contribution >= 4 is 17.6 Å². The lowest BCUT2D eigenvalue weighted by molar-refractivity contribution is 0.0656. The number of alkyl halides is 3. The summed E-state index contributed by atoms with van der Waals surface area (Å²) in [6.45, 7) is 0. The summed E-state index contributed by atoms with van der Waals surface area (Å²) in [4.78, 5) is 23.3. The van der Waals surface area contributed by atoms with Gasteiger partial charge in [-0.3, -0.25) is 4.79 Å². The van der Waals surface area contributed by atoms with Gasteiger partial charge in [-0.2, -0.15) is 8.78 Å². The summed E-state index contributed by atoms with van der Waals surface area (Å²) >= 11 is 4.63. The lowest BCUT2D eigenvalue weighted by Crippen LogP contribution is -2.23. The molecule has 0 fully saturated rings. The number of aromatic nitrogens is 1. The van der Waals surface area contributed by atoms with Crippen molar-refractivity contribution in [3.05, 3.63) is 33.7 Å². The zero-order valence-corrected chi connectivity index (χ0v) is 7.31. The zero-order chi connectivity index (χ0) is 10.9. The van der Waals surface area contributed by atoms with Crippen LogP contribution >= 0.6 is 11.6 Å². The largest absolute Gasteiger partial charge is 0.477 e. The number of pyridine rings is 1. The van der Waals surface area contributed by atoms with Gasteiger partial charge >= 0.3 is 11.4 Å². The first kappa shape index (κ1) is 10.6. The Morgan fingerprint density at radius 2 is 2.14 bits per heavy atom. The van der Waals surface area contributed by atoms with Gasteiger partial charge in [0.05, 0.1) is 5.56 Å². The van der Waals surface area contributed by atoms with E-state index in [-0.39, 0.29) is 0 Å². The van der Waals surface area contributed by atoms with Crippen molar-refractivity contribution in [3.63, 3.8) is 0 Å². The third-order valence-electron chi connectivity index (χ3n) is 1.48. The maximum atomic E-state index is 12.6. The van der Waals surface area contributed by atoms with Crippen molar-refractivity contribution in [1.29, 1.82) is 0 Å². The number of aromatic amines is 1. The van der Waals surface area contributed by atoms with Gasteiger partial charge in [-0.1, -0.05) is 0 Å². The third-order valence-corrected chi connectivity index (χ3v) is 1.68. The Balaban J connectivity index is 3.52. The monoisotopic (exact) mass is 223 g/mol. The summed E-state index contributed by atoms with van der Waals surface area (Å²) in [7, 11) is 0. The van der Waals surface area contributed by atoms with Crippen LogP contribution in [0.15, 0.2) is 17.1 Å². The third kappa shape index (κ3) is 1.90. The summed E-state index contributed by atoms with van der Waals surface area (Å²) in [5.41, 5.74) is -3.18. The van der Waals surface area contributed by atoms with E-state index in [9.17, 15) is 18.4 Å². The highest BCUT2D eigenvalue weighted by Crippen LogP contribution is 2.33. The van der Waals surface area contributed by atoms with Gasteiger partial charge in [-0.25, -0.2) is 4.79 Å². The average molecular weight is 224 g/mol. The Kier molecular flexibility index (Phi) is 2.57. The van der Waals surface area contributed by atoms with Gasteiger partial charge in [0.25, 0.3) is 5.56 Å². The minimum Gasteiger partial charge on any atom is -0.477 e. The summed E-state index contributed by atoms with van der Waals surface area (Å²) < 4.78 is 25.2. The maximum absolute atomic E-state index is 12.6. The lowest BCUT2D eigenvalue weighted by atomic mass is 10.1. The smallest absolute Gasteiger partial charge is 0.349 e. The lowest BCUT2D eigenvalue weighted by Gasteiger charge is -2.09. The van der Waals surface area contributed by atoms with E-state index < -0.39 is 28.0 Å². The first-order chi connectivity index (χ1) is 6.34. The quantitative estimate of drug-likeness (QED) is 0.744. The molecule has 14 heavy (non-hydrogen) atoms. The Morgan fingerprint density at radius 1 is 1.57 bits per heavy atom. The van der Waals surface area contributed by atoms with Crippen LogP contribution in [0.25, 0.3) is 0 Å². The van der Waals surface area contributed by atoms with Crippen LogP contribution in [0.1, 0.15) is 15.9 Å². The molecule has 1 heterocycles. The minimum atomic E-state index is -3.87. The van der Waals surface area contributed by atoms with E-state index in [0.29, 0.717) is 0 Å². The fraction of sp³-hybridized carbons (Fsp3) is 0.143. The number of carboxylic acid groups (broad SMARTS) is 1. The Morgan fingerprint density at radius 3 is 2.50 bits per heavy atom. The Labute approximate surface area is 81.1 Å². The van der Waals surface area contributed by atoms with Gasteiger partial charge in [-0.05, 0) is 17.7 Å². The van der Waals surface area contributed by atoms with Crippen LogP contribution in [-0.2, 0) is 5.38 Å². The fourth-order valence-corrected chi connectivity index (χ4v) is 1.08. The van der Waals surface area contributed by atoms with Crippen molar-refractivity contribution in [2.75, 3.05) is 0 Å². The van der Waals surface area contributed by atoms with Crippen LogP contribution in [0.4, 0.5) is 8.78 Å². The van der Waals surface area contributed by atoms with Crippen LogP contribution < -0.4 is 5.56 Å². The second-order valence-electron chi connectivity index (χ2n) is 2.40. The highest BCUT2D eigenvalue weighted by atomic mass is 35.5. The van der Waals surface area contributed by atoms with Crippen LogP contribution in [-0.4, -0.2) is 16.1 Å². The first-order valence-electron chi connectivity index (χ1n) is 3.36. The van der Waals surface area contributed by atoms with Crippen LogP contribution in [0.2, 0.25) is 0 Å². The van der Waals surface area contributed by atoms with Crippen molar-refractivity contribution < 1.29 is 18.7 Å². The molecule has 0 atom stereocenters. The predicted octanol–water partition coefficient (Wildman–Crippen LogP) is 1.36. The van der Waals surface area contributed by atoms with E-state index in [0.717, 1.165) is 12.3 Å². The molecule has 0 amide bonds. The van der Waals surface area contributed by atoms with Crippen LogP contribution in [0.3, 0.4) is 0 Å². The Hall–Kier alpha value is -1.43. The van der Waals surface area contributed by atoms with Crippen molar-refractivity contribution in [1.82, 2.24) is 4.98 Å². The molecule has 1 aromatic heterocycles. The number of hydrogen-bond donors (Lipinski definition) is 2. The fourth-order valence-electron chi connectivity index (χ4n) is 0.927. The molecule has 4 nitrogen and oxygen atoms in total. The average Bonchev–Trinajstić information content (AvgIpc) is 2.01. The topological polar surface area (TPSA) is 70.2 Å². The normalized spacial score (nSPS) is 11.4. The summed E-state index contributed by atoms with van der Waals surface area (Å²) in [6.07, 6.45) is 0.903. The molecule has 76 valence electrons. The molecule has 0 saturated heterocycles. The molecule has 0 bridgehead atoms. The standard InChI is InChI=1S/C7H4ClF2NO3/c8-7(9,10)3-1-2-11-5(12)4(3)6(13)14/h1-2H,(H,11,12)(H,13,14). The van der Waals surface area contributed by atoms with E-state index in [1.165, 1.54) is 0 Å². The SMILES string of the molecule is O=C(O)c1c(C(F)(F)Cl)cc[nH]c1=O. The molecule has 2 N–H and O–H groups in total. The first-order valence-corrected chi connectivity index (χ1v) is 3.74. The van der Waals surface area contributed by atoms with Crippen LogP contribution in [0.5, 0.6) is 0 Å². The Bertz CT molecular complexity index is 424. The van der Waals surface area contributed by atoms with Crippen molar-refractivity contribution in [3.8, 4) is 0 Å². The molecule has 0 aromatic carbocycles. The van der Waals surface area contributed by atoms with E-state index in [1.54, 1.807) is 0 Å². The molecule has 0 aliphatic rings. The predicted molar refractivity (Wildman–Crippen MR) is 43.8 cm³/mol. The molecule has 0 aliphatic carbocycles. The number of carbonyl (C=O) groups is 1. The minimum absolute atomic E-state index is 0.748. The highest BCUT2D eigenvalue weighted by molar-refractivity contribution is 6.22. The van der Waals surface area contributed by atoms with Crippen LogP contribution in [0, 0.1) is 0 Å². The summed E-state index contributed by atoms with van der Waals surface area (Å²) in [5.74, 6) is -1.75. The summed E-state index contributed by atoms with van der Waals surface area (Å²) in [6, 6.07) is 0.748. The van der Waals surface area contributed by atoms with Gasteiger partial charge in [0, 0.05) is 6.20 Å². The number of hydrogen-bond acceptors (Lipinski definition) is 2. The number of H-pyrrole nitrogens is 1. The molecular formula is C7H4ClF2NO3. The van der Waals surface area contributed by atoms with Gasteiger partial charge < -0.3 is 10.1 Å². The molecule has 0 saturated carbocycles. The molecular weight excluding hydrogens is 220 g/mol. The van der Waals surface area contributed by atoms with Gasteiger partial charge in [0.15, 0.2) is 0 Å². The number of halogens is 3. The number of nitrogens with one attached hydrogen (secondary N) is 1. The van der Waals surface area contributed by atoms with Crippen molar-refractivity contribution in [2.45, 2.75) is 5.38 Å². The second kappa shape index (κ2) is 3.38. The molecule has 0 spiro atoms. The molecule has 0 radical (unpaired) electrons. The van der Waals surface area contributed by atoms with Gasteiger partial charge in [0.1, 0.15) is 5.56 Å². The molecule has 1 rings (SSSR count). The number of rotatable bonds is 2. The van der Waals surface area contributed by atoms with E-state index in [2.05, 4.69) is 11.6 Å². The van der Waals surface area contributed by atoms with Gasteiger partial charge in [-0.15, -0.1) is 0 Å². The molecule has 0 aliphatic heterocycles. The maximum Gasteiger partial charge on any atom is 0.349 e. The molecule has 0 unspecified atom stereocenters. The summed E-state index contributed by atoms with van der Waals surface area (Å²) in [5, 5.41) is 4.62. The number of carboxylic acids is 1. The van der Waals surface area contributed by atoms with E-state index >= 15 is 0 Å².